The summed E-state index contributed by atoms with van der Waals surface area (Å²) in [5.74, 6) is -1.20. The fraction of sp³-hybridized carbons (Fsp3) is 0.0625. The van der Waals surface area contributed by atoms with Gasteiger partial charge in [-0.2, -0.15) is 0 Å². The van der Waals surface area contributed by atoms with Crippen LogP contribution in [-0.2, 0) is 6.54 Å². The number of H-pyrrole nitrogens is 1. The molecule has 0 spiro atoms. The van der Waals surface area contributed by atoms with Gasteiger partial charge in [-0.25, -0.2) is 8.78 Å². The number of benzene rings is 2. The summed E-state index contributed by atoms with van der Waals surface area (Å²) >= 11 is 5.69. The maximum absolute atomic E-state index is 13.1. The van der Waals surface area contributed by atoms with Crippen LogP contribution >= 0.6 is 11.6 Å². The highest BCUT2D eigenvalue weighted by Gasteiger charge is 2.10. The molecular formula is C16H11ClF2N2O. The second-order valence-electron chi connectivity index (χ2n) is 4.85. The number of carbonyl (C=O) groups is 1. The van der Waals surface area contributed by atoms with E-state index in [1.54, 1.807) is 18.2 Å². The predicted octanol–water partition coefficient (Wildman–Crippen LogP) is 4.03. The number of halogens is 3. The molecule has 0 aliphatic rings. The summed E-state index contributed by atoms with van der Waals surface area (Å²) in [5, 5.41) is 3.32. The summed E-state index contributed by atoms with van der Waals surface area (Å²) in [7, 11) is 0. The van der Waals surface area contributed by atoms with Gasteiger partial charge in [-0.15, -0.1) is 0 Å². The van der Waals surface area contributed by atoms with E-state index in [0.717, 1.165) is 0 Å². The van der Waals surface area contributed by atoms with Gasteiger partial charge in [0.2, 0.25) is 0 Å². The van der Waals surface area contributed by atoms with Crippen LogP contribution in [0.15, 0.2) is 42.5 Å². The summed E-state index contributed by atoms with van der Waals surface area (Å²) in [4.78, 5) is 15.0. The molecule has 3 aromatic rings. The van der Waals surface area contributed by atoms with E-state index in [0.29, 0.717) is 22.2 Å². The molecule has 22 heavy (non-hydrogen) atoms. The van der Waals surface area contributed by atoms with Crippen LogP contribution in [0, 0.1) is 11.6 Å². The quantitative estimate of drug-likeness (QED) is 0.752. The maximum Gasteiger partial charge on any atom is 0.267 e. The Bertz CT molecular complexity index is 860. The van der Waals surface area contributed by atoms with Crippen LogP contribution < -0.4 is 5.32 Å². The first-order valence-corrected chi connectivity index (χ1v) is 6.91. The minimum atomic E-state index is -0.505. The molecule has 0 aliphatic carbocycles. The van der Waals surface area contributed by atoms with Gasteiger partial charge in [0.25, 0.3) is 5.91 Å². The Hall–Kier alpha value is -2.40. The van der Waals surface area contributed by atoms with E-state index in [-0.39, 0.29) is 23.3 Å². The number of fused-ring (bicyclic) bond motifs is 1. The number of amides is 1. The molecule has 2 aromatic carbocycles. The minimum absolute atomic E-state index is 0.00726. The molecule has 3 rings (SSSR count). The molecule has 0 unspecified atom stereocenters. The van der Waals surface area contributed by atoms with Crippen molar-refractivity contribution in [3.05, 3.63) is 70.4 Å². The van der Waals surface area contributed by atoms with Gasteiger partial charge in [-0.3, -0.25) is 4.79 Å². The van der Waals surface area contributed by atoms with Crippen LogP contribution in [0.1, 0.15) is 16.1 Å². The smallest absolute Gasteiger partial charge is 0.267 e. The van der Waals surface area contributed by atoms with E-state index in [2.05, 4.69) is 10.3 Å². The molecule has 0 atom stereocenters. The van der Waals surface area contributed by atoms with Gasteiger partial charge in [-0.1, -0.05) is 17.7 Å². The average molecular weight is 321 g/mol. The molecule has 0 saturated heterocycles. The zero-order chi connectivity index (χ0) is 15.7. The van der Waals surface area contributed by atoms with Crippen molar-refractivity contribution in [2.24, 2.45) is 0 Å². The van der Waals surface area contributed by atoms with E-state index in [1.807, 2.05) is 0 Å². The first kappa shape index (κ1) is 14.5. The molecule has 6 heteroatoms. The first-order valence-electron chi connectivity index (χ1n) is 6.53. The molecule has 0 radical (unpaired) electrons. The SMILES string of the molecule is O=C(NCc1ccc(F)c(Cl)c1)c1cc2cc(F)ccc2[nH]1. The normalized spacial score (nSPS) is 10.9. The van der Waals surface area contributed by atoms with Gasteiger partial charge in [0.05, 0.1) is 5.02 Å². The lowest BCUT2D eigenvalue weighted by Crippen LogP contribution is -2.23. The third-order valence-electron chi connectivity index (χ3n) is 3.26. The summed E-state index contributed by atoms with van der Waals surface area (Å²) in [5.41, 5.74) is 1.69. The summed E-state index contributed by atoms with van der Waals surface area (Å²) in [6.45, 7) is 0.211. The van der Waals surface area contributed by atoms with Gasteiger partial charge in [0, 0.05) is 17.4 Å². The molecule has 0 bridgehead atoms. The lowest BCUT2D eigenvalue weighted by atomic mass is 10.2. The van der Waals surface area contributed by atoms with Crippen molar-refractivity contribution >= 4 is 28.4 Å². The number of carbonyl (C=O) groups excluding carboxylic acids is 1. The van der Waals surface area contributed by atoms with Crippen LogP contribution in [0.3, 0.4) is 0 Å². The Labute approximate surface area is 129 Å². The number of aromatic amines is 1. The Morgan fingerprint density at radius 3 is 2.73 bits per heavy atom. The third kappa shape index (κ3) is 2.94. The molecule has 112 valence electrons. The van der Waals surface area contributed by atoms with E-state index in [9.17, 15) is 13.6 Å². The highest BCUT2D eigenvalue weighted by atomic mass is 35.5. The first-order chi connectivity index (χ1) is 10.5. The molecule has 0 aliphatic heterocycles. The van der Waals surface area contributed by atoms with Crippen LogP contribution in [-0.4, -0.2) is 10.9 Å². The fourth-order valence-corrected chi connectivity index (χ4v) is 2.36. The van der Waals surface area contributed by atoms with Crippen molar-refractivity contribution in [1.82, 2.24) is 10.3 Å². The minimum Gasteiger partial charge on any atom is -0.351 e. The van der Waals surface area contributed by atoms with Crippen molar-refractivity contribution in [1.29, 1.82) is 0 Å². The van der Waals surface area contributed by atoms with Gasteiger partial charge >= 0.3 is 0 Å². The van der Waals surface area contributed by atoms with E-state index in [1.165, 1.54) is 24.3 Å². The lowest BCUT2D eigenvalue weighted by molar-refractivity contribution is 0.0947. The molecular weight excluding hydrogens is 310 g/mol. The Morgan fingerprint density at radius 1 is 1.14 bits per heavy atom. The molecule has 0 saturated carbocycles. The van der Waals surface area contributed by atoms with Gasteiger partial charge in [0.15, 0.2) is 0 Å². The number of rotatable bonds is 3. The van der Waals surface area contributed by atoms with Gasteiger partial charge in [0.1, 0.15) is 17.3 Å². The molecule has 2 N–H and O–H groups in total. The van der Waals surface area contributed by atoms with Crippen molar-refractivity contribution in [2.75, 3.05) is 0 Å². The standard InChI is InChI=1S/C16H11ClF2N2O/c17-12-5-9(1-3-13(12)19)8-20-16(22)15-7-10-6-11(18)2-4-14(10)21-15/h1-7,21H,8H2,(H,20,22). The van der Waals surface area contributed by atoms with Crippen molar-refractivity contribution in [3.63, 3.8) is 0 Å². The summed E-state index contributed by atoms with van der Waals surface area (Å²) in [6.07, 6.45) is 0. The van der Waals surface area contributed by atoms with Crippen LogP contribution in [0.5, 0.6) is 0 Å². The Balaban J connectivity index is 1.74. The number of hydrogen-bond acceptors (Lipinski definition) is 1. The summed E-state index contributed by atoms with van der Waals surface area (Å²) in [6, 6.07) is 10.1. The van der Waals surface area contributed by atoms with E-state index in [4.69, 9.17) is 11.6 Å². The maximum atomic E-state index is 13.1. The number of nitrogens with one attached hydrogen (secondary N) is 2. The molecule has 3 nitrogen and oxygen atoms in total. The topological polar surface area (TPSA) is 44.9 Å². The van der Waals surface area contributed by atoms with Gasteiger partial charge in [-0.05, 0) is 42.0 Å². The number of aromatic nitrogens is 1. The fourth-order valence-electron chi connectivity index (χ4n) is 2.15. The molecule has 1 amide bonds. The molecule has 0 fully saturated rings. The van der Waals surface area contributed by atoms with Gasteiger partial charge < -0.3 is 10.3 Å². The van der Waals surface area contributed by atoms with Crippen LogP contribution in [0.25, 0.3) is 10.9 Å². The van der Waals surface area contributed by atoms with Crippen molar-refractivity contribution < 1.29 is 13.6 Å². The monoisotopic (exact) mass is 320 g/mol. The van der Waals surface area contributed by atoms with Crippen molar-refractivity contribution in [3.8, 4) is 0 Å². The third-order valence-corrected chi connectivity index (χ3v) is 3.55. The Kier molecular flexibility index (Phi) is 3.81. The largest absolute Gasteiger partial charge is 0.351 e. The second kappa shape index (κ2) is 5.77. The molecule has 1 heterocycles. The zero-order valence-corrected chi connectivity index (χ0v) is 12.0. The van der Waals surface area contributed by atoms with E-state index >= 15 is 0 Å². The highest BCUT2D eigenvalue weighted by Crippen LogP contribution is 2.18. The second-order valence-corrected chi connectivity index (χ2v) is 5.25. The van der Waals surface area contributed by atoms with Crippen LogP contribution in [0.4, 0.5) is 8.78 Å². The van der Waals surface area contributed by atoms with Crippen molar-refractivity contribution in [2.45, 2.75) is 6.54 Å². The lowest BCUT2D eigenvalue weighted by Gasteiger charge is -2.05. The Morgan fingerprint density at radius 2 is 1.95 bits per heavy atom. The highest BCUT2D eigenvalue weighted by molar-refractivity contribution is 6.30. The van der Waals surface area contributed by atoms with Crippen LogP contribution in [0.2, 0.25) is 5.02 Å². The zero-order valence-electron chi connectivity index (χ0n) is 11.3. The number of hydrogen-bond donors (Lipinski definition) is 2. The predicted molar refractivity (Wildman–Crippen MR) is 80.8 cm³/mol. The average Bonchev–Trinajstić information content (AvgIpc) is 2.91. The summed E-state index contributed by atoms with van der Waals surface area (Å²) < 4.78 is 26.2. The van der Waals surface area contributed by atoms with E-state index < -0.39 is 5.82 Å². The molecule has 1 aromatic heterocycles.